The van der Waals surface area contributed by atoms with Gasteiger partial charge in [0.05, 0.1) is 6.61 Å². The largest absolute Gasteiger partial charge is 0.420 e. The number of cyclic esters (lactones) is 2. The van der Waals surface area contributed by atoms with Crippen molar-refractivity contribution in [3.8, 4) is 0 Å². The van der Waals surface area contributed by atoms with E-state index in [4.69, 9.17) is 14.2 Å². The predicted octanol–water partition coefficient (Wildman–Crippen LogP) is 1.32. The topological polar surface area (TPSA) is 82.1 Å². The quantitative estimate of drug-likeness (QED) is 0.502. The summed E-state index contributed by atoms with van der Waals surface area (Å²) < 4.78 is 15.3. The minimum atomic E-state index is -2.56. The molecule has 0 radical (unpaired) electrons. The average Bonchev–Trinajstić information content (AvgIpc) is 2.46. The second kappa shape index (κ2) is 5.90. The van der Waals surface area contributed by atoms with Crippen LogP contribution in [0.25, 0.3) is 0 Å². The van der Waals surface area contributed by atoms with E-state index in [0.29, 0.717) is 0 Å². The zero-order chi connectivity index (χ0) is 16.4. The number of esters is 2. The summed E-state index contributed by atoms with van der Waals surface area (Å²) in [4.78, 5) is 24.1. The van der Waals surface area contributed by atoms with E-state index in [1.54, 1.807) is 0 Å². The fraction of sp³-hybridized carbons (Fsp3) is 0.375. The van der Waals surface area contributed by atoms with Crippen molar-refractivity contribution in [2.24, 2.45) is 0 Å². The van der Waals surface area contributed by atoms with Crippen molar-refractivity contribution in [1.82, 2.24) is 0 Å². The summed E-state index contributed by atoms with van der Waals surface area (Å²) in [6.07, 6.45) is -0.118. The number of carbonyl (C=O) groups excluding carboxylic acids is 2. The fourth-order valence-corrected chi connectivity index (χ4v) is 2.06. The Morgan fingerprint density at radius 3 is 2.27 bits per heavy atom. The monoisotopic (exact) mass is 306 g/mol. The van der Waals surface area contributed by atoms with Crippen molar-refractivity contribution < 1.29 is 28.9 Å². The number of carbonyl (C=O) groups is 2. The molecule has 0 unspecified atom stereocenters. The van der Waals surface area contributed by atoms with Gasteiger partial charge >= 0.3 is 11.9 Å². The van der Waals surface area contributed by atoms with Crippen LogP contribution in [0.4, 0.5) is 0 Å². The van der Waals surface area contributed by atoms with Gasteiger partial charge in [-0.05, 0) is 5.56 Å². The second-order valence-electron chi connectivity index (χ2n) is 5.40. The SMILES string of the molecule is C=C[C@@H](OCc1ccccc1)C1(O)C(=O)OC(C)(C)OC1=O. The Balaban J connectivity index is 2.17. The molecule has 0 spiro atoms. The lowest BCUT2D eigenvalue weighted by atomic mass is 9.95. The summed E-state index contributed by atoms with van der Waals surface area (Å²) in [6.45, 7) is 6.38. The van der Waals surface area contributed by atoms with Gasteiger partial charge in [-0.15, -0.1) is 6.58 Å². The van der Waals surface area contributed by atoms with Crippen LogP contribution < -0.4 is 0 Å². The molecule has 118 valence electrons. The van der Waals surface area contributed by atoms with Crippen molar-refractivity contribution in [1.29, 1.82) is 0 Å². The van der Waals surface area contributed by atoms with Crippen molar-refractivity contribution in [2.45, 2.75) is 37.9 Å². The van der Waals surface area contributed by atoms with Gasteiger partial charge in [-0.25, -0.2) is 9.59 Å². The smallest absolute Gasteiger partial charge is 0.356 e. The Morgan fingerprint density at radius 2 is 1.77 bits per heavy atom. The maximum atomic E-state index is 12.1. The molecular weight excluding hydrogens is 288 g/mol. The zero-order valence-corrected chi connectivity index (χ0v) is 12.4. The van der Waals surface area contributed by atoms with Gasteiger partial charge in [0.15, 0.2) is 0 Å². The number of rotatable bonds is 5. The molecule has 1 aromatic rings. The molecule has 0 aliphatic carbocycles. The van der Waals surface area contributed by atoms with E-state index < -0.39 is 29.4 Å². The minimum Gasteiger partial charge on any atom is -0.420 e. The Bertz CT molecular complexity index is 558. The van der Waals surface area contributed by atoms with E-state index in [2.05, 4.69) is 6.58 Å². The molecule has 0 aromatic heterocycles. The third-order valence-corrected chi connectivity index (χ3v) is 3.20. The van der Waals surface area contributed by atoms with Crippen LogP contribution in [0.1, 0.15) is 19.4 Å². The van der Waals surface area contributed by atoms with Gasteiger partial charge in [0.2, 0.25) is 0 Å². The molecule has 1 heterocycles. The Morgan fingerprint density at radius 1 is 1.23 bits per heavy atom. The first-order valence-corrected chi connectivity index (χ1v) is 6.77. The number of ether oxygens (including phenoxy) is 3. The highest BCUT2D eigenvalue weighted by molar-refractivity contribution is 6.06. The van der Waals surface area contributed by atoms with Crippen LogP contribution in [0.3, 0.4) is 0 Å². The predicted molar refractivity (Wildman–Crippen MR) is 76.4 cm³/mol. The molecular formula is C16H18O6. The summed E-state index contributed by atoms with van der Waals surface area (Å²) in [5.74, 6) is -3.66. The highest BCUT2D eigenvalue weighted by atomic mass is 16.8. The average molecular weight is 306 g/mol. The first kappa shape index (κ1) is 16.2. The van der Waals surface area contributed by atoms with Crippen molar-refractivity contribution >= 4 is 11.9 Å². The molecule has 0 saturated carbocycles. The van der Waals surface area contributed by atoms with Crippen LogP contribution in [0.15, 0.2) is 43.0 Å². The first-order valence-electron chi connectivity index (χ1n) is 6.77. The third kappa shape index (κ3) is 3.03. The zero-order valence-electron chi connectivity index (χ0n) is 12.4. The Hall–Kier alpha value is -2.18. The molecule has 1 fully saturated rings. The van der Waals surface area contributed by atoms with Crippen LogP contribution in [-0.2, 0) is 30.4 Å². The standard InChI is InChI=1S/C16H18O6/c1-4-12(20-10-11-8-6-5-7-9-11)16(19)13(17)21-15(2,3)22-14(16)18/h4-9,12,19H,1,10H2,2-3H3/t12-/m1/s1. The normalized spacial score (nSPS) is 20.7. The van der Waals surface area contributed by atoms with E-state index in [1.807, 2.05) is 30.3 Å². The minimum absolute atomic E-state index is 0.0871. The molecule has 0 amide bonds. The second-order valence-corrected chi connectivity index (χ2v) is 5.40. The summed E-state index contributed by atoms with van der Waals surface area (Å²) in [7, 11) is 0. The van der Waals surface area contributed by atoms with Crippen molar-refractivity contribution in [2.75, 3.05) is 0 Å². The van der Waals surface area contributed by atoms with E-state index >= 15 is 0 Å². The molecule has 1 saturated heterocycles. The molecule has 1 aliphatic heterocycles. The van der Waals surface area contributed by atoms with Crippen LogP contribution >= 0.6 is 0 Å². The summed E-state index contributed by atoms with van der Waals surface area (Å²) in [5.41, 5.74) is -1.75. The molecule has 1 aliphatic rings. The van der Waals surface area contributed by atoms with Crippen LogP contribution in [-0.4, -0.2) is 34.5 Å². The lowest BCUT2D eigenvalue weighted by Crippen LogP contribution is -2.64. The van der Waals surface area contributed by atoms with Gasteiger partial charge in [-0.3, -0.25) is 0 Å². The lowest BCUT2D eigenvalue weighted by Gasteiger charge is -2.39. The number of aliphatic hydroxyl groups is 1. The third-order valence-electron chi connectivity index (χ3n) is 3.20. The van der Waals surface area contributed by atoms with Crippen molar-refractivity contribution in [3.05, 3.63) is 48.6 Å². The number of benzene rings is 1. The van der Waals surface area contributed by atoms with Crippen molar-refractivity contribution in [3.63, 3.8) is 0 Å². The van der Waals surface area contributed by atoms with Crippen LogP contribution in [0.2, 0.25) is 0 Å². The van der Waals surface area contributed by atoms with Gasteiger partial charge in [0.25, 0.3) is 11.4 Å². The summed E-state index contributed by atoms with van der Waals surface area (Å²) in [6, 6.07) is 9.11. The molecule has 0 bridgehead atoms. The number of hydrogen-bond donors (Lipinski definition) is 1. The fourth-order valence-electron chi connectivity index (χ4n) is 2.06. The van der Waals surface area contributed by atoms with Gasteiger partial charge in [0.1, 0.15) is 6.10 Å². The first-order chi connectivity index (χ1) is 10.3. The maximum absolute atomic E-state index is 12.1. The van der Waals surface area contributed by atoms with Crippen LogP contribution in [0.5, 0.6) is 0 Å². The summed E-state index contributed by atoms with van der Waals surface area (Å²) in [5, 5.41) is 10.4. The van der Waals surface area contributed by atoms with E-state index in [0.717, 1.165) is 5.56 Å². The van der Waals surface area contributed by atoms with Gasteiger partial charge in [-0.2, -0.15) is 0 Å². The van der Waals surface area contributed by atoms with E-state index in [9.17, 15) is 14.7 Å². The van der Waals surface area contributed by atoms with E-state index in [1.165, 1.54) is 19.9 Å². The Kier molecular flexibility index (Phi) is 4.35. The molecule has 6 heteroatoms. The molecule has 2 rings (SSSR count). The highest BCUT2D eigenvalue weighted by Gasteiger charge is 2.60. The maximum Gasteiger partial charge on any atom is 0.356 e. The summed E-state index contributed by atoms with van der Waals surface area (Å²) >= 11 is 0. The Labute approximate surface area is 128 Å². The highest BCUT2D eigenvalue weighted by Crippen LogP contribution is 2.30. The van der Waals surface area contributed by atoms with Gasteiger partial charge in [0, 0.05) is 13.8 Å². The molecule has 6 nitrogen and oxygen atoms in total. The van der Waals surface area contributed by atoms with E-state index in [-0.39, 0.29) is 6.61 Å². The molecule has 1 N–H and O–H groups in total. The van der Waals surface area contributed by atoms with Gasteiger partial charge < -0.3 is 19.3 Å². The molecule has 22 heavy (non-hydrogen) atoms. The van der Waals surface area contributed by atoms with Crippen LogP contribution in [0, 0.1) is 0 Å². The van der Waals surface area contributed by atoms with Gasteiger partial charge in [-0.1, -0.05) is 36.4 Å². The lowest BCUT2D eigenvalue weighted by molar-refractivity contribution is -0.269. The number of hydrogen-bond acceptors (Lipinski definition) is 6. The molecule has 1 aromatic carbocycles. The molecule has 1 atom stereocenters.